The van der Waals surface area contributed by atoms with Gasteiger partial charge in [-0.1, -0.05) is 141 Å². The number of nitrogens with two attached hydrogens (primary N) is 1. The van der Waals surface area contributed by atoms with Gasteiger partial charge in [-0.25, -0.2) is 0 Å². The largest absolute Gasteiger partial charge is 0.462 e. The van der Waals surface area contributed by atoms with Crippen molar-refractivity contribution in [3.63, 3.8) is 0 Å². The molecule has 0 radical (unpaired) electrons. The molecule has 2 atom stereocenters. The van der Waals surface area contributed by atoms with Crippen molar-refractivity contribution in [3.8, 4) is 0 Å². The Kier molecular flexibility index (Phi) is 39.5. The van der Waals surface area contributed by atoms with E-state index in [1.165, 1.54) is 116 Å². The first-order chi connectivity index (χ1) is 24.6. The van der Waals surface area contributed by atoms with Crippen molar-refractivity contribution in [2.45, 2.75) is 200 Å². The molecular weight excluding hydrogens is 645 g/mol. The average Bonchev–Trinajstić information content (AvgIpc) is 3.12. The van der Waals surface area contributed by atoms with E-state index in [0.717, 1.165) is 51.4 Å². The molecular formula is C42H80NO6P. The molecule has 0 heterocycles. The first-order valence-corrected chi connectivity index (χ1v) is 22.2. The van der Waals surface area contributed by atoms with Gasteiger partial charge in [0, 0.05) is 32.7 Å². The summed E-state index contributed by atoms with van der Waals surface area (Å²) in [7, 11) is 0.424. The van der Waals surface area contributed by atoms with Crippen LogP contribution in [0, 0.1) is 0 Å². The standard InChI is InChI=1S/C42H80NO6P/c1-4-6-8-10-12-14-16-18-20-22-24-26-28-30-32-34-41(44)47-38-40(39-48-50(46-3)37-36-43)49-42(45)35-33-31-29-27-25-23-21-19-17-15-13-11-9-7-5-2/h18-21,40H,4-17,22-39,43H2,1-3H3/b20-18-,21-19-. The second-order valence-electron chi connectivity index (χ2n) is 13.8. The van der Waals surface area contributed by atoms with E-state index >= 15 is 0 Å². The topological polar surface area (TPSA) is 97.1 Å². The van der Waals surface area contributed by atoms with Gasteiger partial charge in [-0.05, 0) is 64.2 Å². The quantitative estimate of drug-likeness (QED) is 0.0291. The summed E-state index contributed by atoms with van der Waals surface area (Å²) < 4.78 is 22.4. The molecule has 0 aliphatic carbocycles. The lowest BCUT2D eigenvalue weighted by molar-refractivity contribution is -0.161. The van der Waals surface area contributed by atoms with Crippen LogP contribution in [0.15, 0.2) is 24.3 Å². The number of hydrogen-bond donors (Lipinski definition) is 1. The number of allylic oxidation sites excluding steroid dienone is 4. The summed E-state index contributed by atoms with van der Waals surface area (Å²) in [5.41, 5.74) is 5.66. The zero-order chi connectivity index (χ0) is 36.6. The van der Waals surface area contributed by atoms with Gasteiger partial charge in [0.25, 0.3) is 0 Å². The predicted octanol–water partition coefficient (Wildman–Crippen LogP) is 12.4. The van der Waals surface area contributed by atoms with Crippen molar-refractivity contribution < 1.29 is 28.1 Å². The lowest BCUT2D eigenvalue weighted by atomic mass is 10.1. The monoisotopic (exact) mass is 726 g/mol. The number of esters is 2. The van der Waals surface area contributed by atoms with Gasteiger partial charge in [0.1, 0.15) is 6.61 Å². The molecule has 0 spiro atoms. The molecule has 7 nitrogen and oxygen atoms in total. The van der Waals surface area contributed by atoms with Crippen LogP contribution in [0.2, 0.25) is 0 Å². The molecule has 0 rings (SSSR count). The first kappa shape index (κ1) is 48.7. The SMILES string of the molecule is CCCCCCCC/C=C\CCCCCCCC(=O)OCC(COP(CCN)OC)OC(=O)CCCCCCC/C=C\CCCCCCCC. The molecule has 0 aliphatic heterocycles. The number of hydrogen-bond acceptors (Lipinski definition) is 7. The first-order valence-electron chi connectivity index (χ1n) is 20.9. The summed E-state index contributed by atoms with van der Waals surface area (Å²) >= 11 is 0. The van der Waals surface area contributed by atoms with Gasteiger partial charge >= 0.3 is 11.9 Å². The van der Waals surface area contributed by atoms with Crippen molar-refractivity contribution in [2.24, 2.45) is 5.73 Å². The fraction of sp³-hybridized carbons (Fsp3) is 0.857. The number of ether oxygens (including phenoxy) is 2. The minimum atomic E-state index is -1.16. The zero-order valence-corrected chi connectivity index (χ0v) is 33.9. The highest BCUT2D eigenvalue weighted by molar-refractivity contribution is 7.47. The normalized spacial score (nSPS) is 13.0. The summed E-state index contributed by atoms with van der Waals surface area (Å²) in [4.78, 5) is 25.1. The number of carbonyl (C=O) groups is 2. The number of unbranched alkanes of at least 4 members (excludes halogenated alkanes) is 22. The van der Waals surface area contributed by atoms with E-state index < -0.39 is 14.5 Å². The Morgan fingerprint density at radius 3 is 1.38 bits per heavy atom. The van der Waals surface area contributed by atoms with Crippen LogP contribution >= 0.6 is 8.38 Å². The van der Waals surface area contributed by atoms with E-state index in [-0.39, 0.29) is 25.2 Å². The van der Waals surface area contributed by atoms with Crippen LogP contribution in [0.3, 0.4) is 0 Å². The van der Waals surface area contributed by atoms with Crippen molar-refractivity contribution in [1.29, 1.82) is 0 Å². The van der Waals surface area contributed by atoms with E-state index in [1.54, 1.807) is 7.11 Å². The highest BCUT2D eigenvalue weighted by Crippen LogP contribution is 2.36. The Labute approximate surface area is 310 Å². The second-order valence-corrected chi connectivity index (χ2v) is 15.5. The third-order valence-corrected chi connectivity index (χ3v) is 10.4. The molecule has 2 unspecified atom stereocenters. The summed E-state index contributed by atoms with van der Waals surface area (Å²) in [6, 6.07) is 0. The van der Waals surface area contributed by atoms with E-state index in [9.17, 15) is 9.59 Å². The minimum absolute atomic E-state index is 0.00244. The van der Waals surface area contributed by atoms with Crippen molar-refractivity contribution >= 4 is 20.3 Å². The van der Waals surface area contributed by atoms with Crippen LogP contribution < -0.4 is 5.73 Å². The van der Waals surface area contributed by atoms with E-state index in [1.807, 2.05) is 0 Å². The van der Waals surface area contributed by atoms with E-state index in [0.29, 0.717) is 25.5 Å². The van der Waals surface area contributed by atoms with Gasteiger partial charge in [0.2, 0.25) is 0 Å². The molecule has 0 amide bonds. The average molecular weight is 726 g/mol. The molecule has 0 aliphatic rings. The molecule has 0 fully saturated rings. The van der Waals surface area contributed by atoms with E-state index in [2.05, 4.69) is 38.2 Å². The van der Waals surface area contributed by atoms with Gasteiger partial charge in [-0.15, -0.1) is 0 Å². The zero-order valence-electron chi connectivity index (χ0n) is 33.0. The Morgan fingerprint density at radius 1 is 0.560 bits per heavy atom. The fourth-order valence-electron chi connectivity index (χ4n) is 5.78. The fourth-order valence-corrected chi connectivity index (χ4v) is 6.74. The van der Waals surface area contributed by atoms with Crippen molar-refractivity contribution in [3.05, 3.63) is 24.3 Å². The van der Waals surface area contributed by atoms with Crippen LogP contribution in [0.4, 0.5) is 0 Å². The summed E-state index contributed by atoms with van der Waals surface area (Å²) in [6.45, 7) is 5.09. The van der Waals surface area contributed by atoms with Crippen LogP contribution in [0.5, 0.6) is 0 Å². The summed E-state index contributed by atoms with van der Waals surface area (Å²) in [5.74, 6) is -0.526. The third kappa shape index (κ3) is 36.5. The molecule has 294 valence electrons. The summed E-state index contributed by atoms with van der Waals surface area (Å²) in [6.07, 6.45) is 41.6. The van der Waals surface area contributed by atoms with Gasteiger partial charge in [-0.2, -0.15) is 0 Å². The molecule has 0 aromatic rings. The summed E-state index contributed by atoms with van der Waals surface area (Å²) in [5, 5.41) is 0. The molecule has 0 aromatic carbocycles. The van der Waals surface area contributed by atoms with Crippen LogP contribution in [-0.2, 0) is 28.1 Å². The molecule has 0 aromatic heterocycles. The smallest absolute Gasteiger partial charge is 0.306 e. The third-order valence-electron chi connectivity index (χ3n) is 8.93. The van der Waals surface area contributed by atoms with Gasteiger partial charge in [-0.3, -0.25) is 9.59 Å². The molecule has 50 heavy (non-hydrogen) atoms. The maximum atomic E-state index is 12.6. The lowest BCUT2D eigenvalue weighted by Gasteiger charge is -2.21. The molecule has 0 saturated heterocycles. The van der Waals surface area contributed by atoms with Crippen LogP contribution in [-0.4, -0.2) is 51.1 Å². The van der Waals surface area contributed by atoms with Gasteiger partial charge in [0.05, 0.1) is 6.61 Å². The maximum absolute atomic E-state index is 12.6. The van der Waals surface area contributed by atoms with Gasteiger partial charge in [0.15, 0.2) is 14.5 Å². The highest BCUT2D eigenvalue weighted by Gasteiger charge is 2.20. The van der Waals surface area contributed by atoms with Crippen LogP contribution in [0.1, 0.15) is 194 Å². The highest BCUT2D eigenvalue weighted by atomic mass is 31.2. The maximum Gasteiger partial charge on any atom is 0.306 e. The molecule has 2 N–H and O–H groups in total. The van der Waals surface area contributed by atoms with E-state index in [4.69, 9.17) is 24.3 Å². The number of rotatable bonds is 39. The van der Waals surface area contributed by atoms with Crippen molar-refractivity contribution in [2.75, 3.05) is 33.0 Å². The lowest BCUT2D eigenvalue weighted by Crippen LogP contribution is -2.29. The minimum Gasteiger partial charge on any atom is -0.462 e. The Morgan fingerprint density at radius 2 is 0.960 bits per heavy atom. The number of carbonyl (C=O) groups excluding carboxylic acids is 2. The van der Waals surface area contributed by atoms with Crippen molar-refractivity contribution in [1.82, 2.24) is 0 Å². The van der Waals surface area contributed by atoms with Gasteiger partial charge < -0.3 is 24.3 Å². The molecule has 8 heteroatoms. The predicted molar refractivity (Wildman–Crippen MR) is 214 cm³/mol. The Balaban J connectivity index is 4.11. The molecule has 0 saturated carbocycles. The second kappa shape index (κ2) is 40.5. The Hall–Kier alpha value is -1.27. The Bertz CT molecular complexity index is 792. The molecule has 0 bridgehead atoms. The van der Waals surface area contributed by atoms with Crippen LogP contribution in [0.25, 0.3) is 0 Å².